The van der Waals surface area contributed by atoms with Crippen LogP contribution in [-0.2, 0) is 5.41 Å². The van der Waals surface area contributed by atoms with Crippen LogP contribution in [0.15, 0.2) is 18.2 Å². The van der Waals surface area contributed by atoms with Crippen molar-refractivity contribution in [2.75, 3.05) is 13.6 Å². The number of benzene rings is 1. The number of piperidine rings is 1. The van der Waals surface area contributed by atoms with Crippen LogP contribution in [0.5, 0.6) is 5.75 Å². The van der Waals surface area contributed by atoms with E-state index in [1.54, 1.807) is 6.07 Å². The van der Waals surface area contributed by atoms with Crippen molar-refractivity contribution in [2.45, 2.75) is 49.7 Å². The van der Waals surface area contributed by atoms with Crippen LogP contribution in [0, 0.1) is 5.92 Å². The molecule has 4 atom stereocenters. The van der Waals surface area contributed by atoms with Crippen molar-refractivity contribution >= 4 is 0 Å². The maximum Gasteiger partial charge on any atom is 0.115 e. The SMILES string of the molecule is CN1CC[C@]23CCC[C@H]1[C@H]2C[C@H](O)c1ccc(O)cc13. The van der Waals surface area contributed by atoms with Gasteiger partial charge in [0.15, 0.2) is 0 Å². The van der Waals surface area contributed by atoms with Gasteiger partial charge in [-0.2, -0.15) is 0 Å². The van der Waals surface area contributed by atoms with Gasteiger partial charge >= 0.3 is 0 Å². The van der Waals surface area contributed by atoms with Gasteiger partial charge in [-0.3, -0.25) is 0 Å². The standard InChI is InChI=1S/C17H23NO2/c1-18-8-7-17-6-2-3-15(18)14(17)10-16(20)12-5-4-11(19)9-13(12)17/h4-5,9,14-16,19-20H,2-3,6-8,10H2,1H3/t14-,15+,16+,17+/m1/s1. The number of aliphatic hydroxyl groups is 1. The van der Waals surface area contributed by atoms with Crippen LogP contribution < -0.4 is 0 Å². The first-order valence-corrected chi connectivity index (χ1v) is 7.83. The second-order valence-electron chi connectivity index (χ2n) is 6.98. The summed E-state index contributed by atoms with van der Waals surface area (Å²) in [5.41, 5.74) is 2.49. The minimum atomic E-state index is -0.365. The van der Waals surface area contributed by atoms with Crippen molar-refractivity contribution in [1.82, 2.24) is 4.90 Å². The highest BCUT2D eigenvalue weighted by Gasteiger charge is 2.54. The monoisotopic (exact) mass is 273 g/mol. The number of likely N-dealkylation sites (tertiary alicyclic amines) is 1. The quantitative estimate of drug-likeness (QED) is 0.763. The van der Waals surface area contributed by atoms with Crippen molar-refractivity contribution in [3.8, 4) is 5.75 Å². The van der Waals surface area contributed by atoms with Crippen molar-refractivity contribution in [2.24, 2.45) is 5.92 Å². The maximum absolute atomic E-state index is 10.5. The topological polar surface area (TPSA) is 43.7 Å². The Hall–Kier alpha value is -1.06. The Bertz CT molecular complexity index is 544. The highest BCUT2D eigenvalue weighted by Crippen LogP contribution is 2.58. The molecule has 1 aliphatic heterocycles. The molecule has 2 fully saturated rings. The number of aromatic hydroxyl groups is 1. The molecule has 2 bridgehead atoms. The van der Waals surface area contributed by atoms with E-state index in [2.05, 4.69) is 11.9 Å². The van der Waals surface area contributed by atoms with E-state index in [4.69, 9.17) is 0 Å². The molecule has 3 heteroatoms. The highest BCUT2D eigenvalue weighted by atomic mass is 16.3. The largest absolute Gasteiger partial charge is 0.508 e. The first kappa shape index (κ1) is 12.7. The highest BCUT2D eigenvalue weighted by molar-refractivity contribution is 5.45. The van der Waals surface area contributed by atoms with Gasteiger partial charge in [-0.15, -0.1) is 0 Å². The molecule has 0 spiro atoms. The number of rotatable bonds is 0. The fourth-order valence-electron chi connectivity index (χ4n) is 5.25. The fraction of sp³-hybridized carbons (Fsp3) is 0.647. The van der Waals surface area contributed by atoms with Crippen molar-refractivity contribution in [1.29, 1.82) is 0 Å². The Kier molecular flexibility index (Phi) is 2.67. The average molecular weight is 273 g/mol. The molecular weight excluding hydrogens is 250 g/mol. The fourth-order valence-corrected chi connectivity index (χ4v) is 5.25. The molecular formula is C17H23NO2. The Morgan fingerprint density at radius 1 is 1.30 bits per heavy atom. The minimum Gasteiger partial charge on any atom is -0.508 e. The van der Waals surface area contributed by atoms with Crippen molar-refractivity contribution in [3.05, 3.63) is 29.3 Å². The zero-order chi connectivity index (χ0) is 13.9. The maximum atomic E-state index is 10.5. The summed E-state index contributed by atoms with van der Waals surface area (Å²) in [6.07, 6.45) is 5.41. The normalized spacial score (nSPS) is 40.0. The van der Waals surface area contributed by atoms with E-state index in [1.807, 2.05) is 12.1 Å². The predicted octanol–water partition coefficient (Wildman–Crippen LogP) is 2.57. The average Bonchev–Trinajstić information content (AvgIpc) is 2.43. The Balaban J connectivity index is 1.90. The number of fused-ring (bicyclic) bond motifs is 1. The Labute approximate surface area is 120 Å². The first-order chi connectivity index (χ1) is 9.62. The summed E-state index contributed by atoms with van der Waals surface area (Å²) in [5.74, 6) is 0.881. The van der Waals surface area contributed by atoms with E-state index < -0.39 is 0 Å². The summed E-state index contributed by atoms with van der Waals surface area (Å²) in [5, 5.41) is 20.4. The predicted molar refractivity (Wildman–Crippen MR) is 77.7 cm³/mol. The molecule has 1 saturated heterocycles. The lowest BCUT2D eigenvalue weighted by molar-refractivity contribution is -0.0372. The van der Waals surface area contributed by atoms with Crippen LogP contribution in [0.1, 0.15) is 49.3 Å². The zero-order valence-electron chi connectivity index (χ0n) is 12.0. The summed E-state index contributed by atoms with van der Waals surface area (Å²) in [4.78, 5) is 2.49. The molecule has 0 amide bonds. The molecule has 0 unspecified atom stereocenters. The molecule has 3 nitrogen and oxygen atoms in total. The Morgan fingerprint density at radius 2 is 2.15 bits per heavy atom. The summed E-state index contributed by atoms with van der Waals surface area (Å²) < 4.78 is 0. The number of nitrogens with zero attached hydrogens (tertiary/aromatic N) is 1. The van der Waals surface area contributed by atoms with E-state index in [1.165, 1.54) is 24.8 Å². The van der Waals surface area contributed by atoms with Gasteiger partial charge in [-0.25, -0.2) is 0 Å². The molecule has 1 heterocycles. The second-order valence-corrected chi connectivity index (χ2v) is 6.98. The van der Waals surface area contributed by atoms with Gasteiger partial charge in [0, 0.05) is 11.5 Å². The molecule has 3 aliphatic rings. The number of aliphatic hydroxyl groups excluding tert-OH is 1. The zero-order valence-corrected chi connectivity index (χ0v) is 12.0. The van der Waals surface area contributed by atoms with Crippen LogP contribution in [0.4, 0.5) is 0 Å². The third-order valence-corrected chi connectivity index (χ3v) is 6.18. The van der Waals surface area contributed by atoms with Crippen LogP contribution in [-0.4, -0.2) is 34.7 Å². The smallest absolute Gasteiger partial charge is 0.115 e. The second kappa shape index (κ2) is 4.22. The molecule has 4 rings (SSSR count). The third-order valence-electron chi connectivity index (χ3n) is 6.18. The first-order valence-electron chi connectivity index (χ1n) is 7.83. The minimum absolute atomic E-state index is 0.197. The molecule has 0 aromatic heterocycles. The molecule has 1 saturated carbocycles. The van der Waals surface area contributed by atoms with Gasteiger partial charge < -0.3 is 15.1 Å². The van der Waals surface area contributed by atoms with Crippen molar-refractivity contribution < 1.29 is 10.2 Å². The summed E-state index contributed by atoms with van der Waals surface area (Å²) >= 11 is 0. The van der Waals surface area contributed by atoms with Gasteiger partial charge in [0.1, 0.15) is 5.75 Å². The van der Waals surface area contributed by atoms with Crippen LogP contribution in [0.3, 0.4) is 0 Å². The number of phenols is 1. The summed E-state index contributed by atoms with van der Waals surface area (Å²) in [6.45, 7) is 1.13. The number of hydrogen-bond donors (Lipinski definition) is 2. The van der Waals surface area contributed by atoms with E-state index in [9.17, 15) is 10.2 Å². The molecule has 20 heavy (non-hydrogen) atoms. The molecule has 108 valence electrons. The van der Waals surface area contributed by atoms with Crippen molar-refractivity contribution in [3.63, 3.8) is 0 Å². The van der Waals surface area contributed by atoms with Gasteiger partial charge in [0.2, 0.25) is 0 Å². The number of hydrogen-bond acceptors (Lipinski definition) is 3. The molecule has 2 aliphatic carbocycles. The summed E-state index contributed by atoms with van der Waals surface area (Å²) in [7, 11) is 2.23. The van der Waals surface area contributed by atoms with Crippen LogP contribution in [0.2, 0.25) is 0 Å². The van der Waals surface area contributed by atoms with Gasteiger partial charge in [-0.05, 0) is 68.5 Å². The lowest BCUT2D eigenvalue weighted by atomic mass is 9.52. The van der Waals surface area contributed by atoms with E-state index in [0.717, 1.165) is 24.9 Å². The van der Waals surface area contributed by atoms with Gasteiger partial charge in [0.25, 0.3) is 0 Å². The van der Waals surface area contributed by atoms with Crippen LogP contribution in [0.25, 0.3) is 0 Å². The lowest BCUT2D eigenvalue weighted by Crippen LogP contribution is -2.59. The third kappa shape index (κ3) is 1.54. The van der Waals surface area contributed by atoms with E-state index in [0.29, 0.717) is 17.7 Å². The van der Waals surface area contributed by atoms with Gasteiger partial charge in [-0.1, -0.05) is 12.5 Å². The molecule has 2 N–H and O–H groups in total. The number of phenolic OH excluding ortho intramolecular Hbond substituents is 1. The molecule has 1 aromatic carbocycles. The van der Waals surface area contributed by atoms with Crippen LogP contribution >= 0.6 is 0 Å². The molecule has 0 radical (unpaired) electrons. The summed E-state index contributed by atoms with van der Waals surface area (Å²) in [6, 6.07) is 6.18. The van der Waals surface area contributed by atoms with E-state index in [-0.39, 0.29) is 11.5 Å². The van der Waals surface area contributed by atoms with Gasteiger partial charge in [0.05, 0.1) is 6.10 Å². The lowest BCUT2D eigenvalue weighted by Gasteiger charge is -2.59. The Morgan fingerprint density at radius 3 is 3.00 bits per heavy atom. The van der Waals surface area contributed by atoms with E-state index >= 15 is 0 Å². The molecule has 1 aromatic rings.